The number of carbonyl (C=O) groups excluding carboxylic acids is 2. The largest absolute Gasteiger partial charge is 0.392 e. The summed E-state index contributed by atoms with van der Waals surface area (Å²) in [4.78, 5) is 26.5. The van der Waals surface area contributed by atoms with E-state index in [2.05, 4.69) is 5.32 Å². The van der Waals surface area contributed by atoms with Gasteiger partial charge in [0.1, 0.15) is 0 Å². The Kier molecular flexibility index (Phi) is 3.80. The Balaban J connectivity index is 2.23. The normalized spacial score (nSPS) is 29.4. The van der Waals surface area contributed by atoms with Gasteiger partial charge in [0.25, 0.3) is 0 Å². The summed E-state index contributed by atoms with van der Waals surface area (Å²) < 4.78 is 0. The molecule has 0 aromatic rings. The van der Waals surface area contributed by atoms with Crippen molar-refractivity contribution in [3.63, 3.8) is 0 Å². The number of piperidine rings is 1. The lowest BCUT2D eigenvalue weighted by molar-refractivity contribution is -0.143. The molecule has 2 saturated heterocycles. The molecule has 0 aliphatic carbocycles. The lowest BCUT2D eigenvalue weighted by Gasteiger charge is -2.41. The molecule has 19 heavy (non-hydrogen) atoms. The van der Waals surface area contributed by atoms with Crippen LogP contribution in [0.5, 0.6) is 0 Å². The Morgan fingerprint density at radius 3 is 2.89 bits per heavy atom. The van der Waals surface area contributed by atoms with Crippen LogP contribution in [0.1, 0.15) is 33.1 Å². The maximum atomic E-state index is 12.8. The van der Waals surface area contributed by atoms with Crippen LogP contribution in [0.4, 0.5) is 0 Å². The standard InChI is InChI=1S/C13H21N3O2S/c1-3-13(2,11(14)19)12(18)16-6-4-5-8-9(16)7-15-10(8)17/h8-9H,3-7H2,1-2H3,(H2,14,19)(H,15,17). The zero-order valence-electron chi connectivity index (χ0n) is 11.4. The molecule has 3 atom stereocenters. The van der Waals surface area contributed by atoms with Gasteiger partial charge in [-0.3, -0.25) is 9.59 Å². The number of nitrogens with two attached hydrogens (primary N) is 1. The Bertz CT molecular complexity index is 426. The van der Waals surface area contributed by atoms with E-state index in [4.69, 9.17) is 18.0 Å². The number of hydrogen-bond acceptors (Lipinski definition) is 3. The van der Waals surface area contributed by atoms with Crippen LogP contribution in [0.25, 0.3) is 0 Å². The van der Waals surface area contributed by atoms with E-state index in [0.717, 1.165) is 12.8 Å². The summed E-state index contributed by atoms with van der Waals surface area (Å²) in [6, 6.07) is -0.0334. The van der Waals surface area contributed by atoms with E-state index in [9.17, 15) is 9.59 Å². The van der Waals surface area contributed by atoms with Gasteiger partial charge in [-0.05, 0) is 26.2 Å². The molecule has 0 radical (unpaired) electrons. The predicted molar refractivity (Wildman–Crippen MR) is 76.4 cm³/mol. The molecule has 0 bridgehead atoms. The van der Waals surface area contributed by atoms with Gasteiger partial charge in [-0.1, -0.05) is 19.1 Å². The van der Waals surface area contributed by atoms with E-state index >= 15 is 0 Å². The van der Waals surface area contributed by atoms with Gasteiger partial charge in [0.2, 0.25) is 11.8 Å². The van der Waals surface area contributed by atoms with Crippen LogP contribution in [0, 0.1) is 11.3 Å². The van der Waals surface area contributed by atoms with Crippen LogP contribution in [-0.4, -0.2) is 40.8 Å². The van der Waals surface area contributed by atoms with Gasteiger partial charge >= 0.3 is 0 Å². The summed E-state index contributed by atoms with van der Waals surface area (Å²) in [5, 5.41) is 2.85. The minimum Gasteiger partial charge on any atom is -0.392 e. The van der Waals surface area contributed by atoms with Crippen LogP contribution in [0.3, 0.4) is 0 Å². The number of hydrogen-bond donors (Lipinski definition) is 2. The molecule has 3 N–H and O–H groups in total. The molecule has 2 amide bonds. The van der Waals surface area contributed by atoms with Crippen molar-refractivity contribution in [3.05, 3.63) is 0 Å². The van der Waals surface area contributed by atoms with Crippen molar-refractivity contribution in [1.82, 2.24) is 10.2 Å². The highest BCUT2D eigenvalue weighted by atomic mass is 32.1. The third kappa shape index (κ3) is 2.22. The highest BCUT2D eigenvalue weighted by Crippen LogP contribution is 2.33. The second kappa shape index (κ2) is 5.07. The van der Waals surface area contributed by atoms with Crippen molar-refractivity contribution in [3.8, 4) is 0 Å². The van der Waals surface area contributed by atoms with Crippen molar-refractivity contribution in [2.45, 2.75) is 39.2 Å². The Hall–Kier alpha value is -1.17. The fourth-order valence-electron chi connectivity index (χ4n) is 2.95. The van der Waals surface area contributed by atoms with E-state index < -0.39 is 5.41 Å². The van der Waals surface area contributed by atoms with Crippen LogP contribution in [0.15, 0.2) is 0 Å². The molecule has 0 spiro atoms. The van der Waals surface area contributed by atoms with E-state index in [1.54, 1.807) is 6.92 Å². The van der Waals surface area contributed by atoms with Crippen molar-refractivity contribution < 1.29 is 9.59 Å². The zero-order valence-corrected chi connectivity index (χ0v) is 12.3. The number of nitrogens with one attached hydrogen (secondary N) is 1. The van der Waals surface area contributed by atoms with Crippen LogP contribution < -0.4 is 11.1 Å². The Morgan fingerprint density at radius 2 is 2.32 bits per heavy atom. The molecule has 3 unspecified atom stereocenters. The lowest BCUT2D eigenvalue weighted by atomic mass is 9.83. The number of likely N-dealkylation sites (tertiary alicyclic amines) is 1. The number of fused-ring (bicyclic) bond motifs is 1. The van der Waals surface area contributed by atoms with E-state index in [-0.39, 0.29) is 28.8 Å². The molecule has 2 aliphatic rings. The predicted octanol–water partition coefficient (Wildman–Crippen LogP) is 0.426. The number of carbonyl (C=O) groups is 2. The van der Waals surface area contributed by atoms with Gasteiger partial charge in [0, 0.05) is 13.1 Å². The SMILES string of the molecule is CCC(C)(C(=O)N1CCCC2C(=O)NCC21)C(N)=S. The van der Waals surface area contributed by atoms with Gasteiger partial charge in [0.15, 0.2) is 0 Å². The molecular formula is C13H21N3O2S. The average molecular weight is 283 g/mol. The van der Waals surface area contributed by atoms with Crippen molar-refractivity contribution in [2.75, 3.05) is 13.1 Å². The zero-order chi connectivity index (χ0) is 14.2. The summed E-state index contributed by atoms with van der Waals surface area (Å²) >= 11 is 5.07. The first kappa shape index (κ1) is 14.2. The smallest absolute Gasteiger partial charge is 0.235 e. The highest BCUT2D eigenvalue weighted by molar-refractivity contribution is 7.80. The number of amides is 2. The Labute approximate surface area is 118 Å². The lowest BCUT2D eigenvalue weighted by Crippen LogP contribution is -2.56. The van der Waals surface area contributed by atoms with Gasteiger partial charge in [0.05, 0.1) is 22.4 Å². The van der Waals surface area contributed by atoms with E-state index in [1.165, 1.54) is 0 Å². The summed E-state index contributed by atoms with van der Waals surface area (Å²) in [5.41, 5.74) is 4.95. The molecule has 0 saturated carbocycles. The van der Waals surface area contributed by atoms with E-state index in [0.29, 0.717) is 19.5 Å². The molecule has 2 heterocycles. The van der Waals surface area contributed by atoms with Crippen LogP contribution in [0.2, 0.25) is 0 Å². The molecule has 2 fully saturated rings. The van der Waals surface area contributed by atoms with Crippen molar-refractivity contribution in [2.24, 2.45) is 17.1 Å². The first-order chi connectivity index (χ1) is 8.91. The summed E-state index contributed by atoms with van der Waals surface area (Å²) in [6.07, 6.45) is 2.30. The summed E-state index contributed by atoms with van der Waals surface area (Å²) in [6.45, 7) is 4.95. The Morgan fingerprint density at radius 1 is 1.63 bits per heavy atom. The number of nitrogens with zero attached hydrogens (tertiary/aromatic N) is 1. The number of rotatable bonds is 3. The molecule has 5 nitrogen and oxygen atoms in total. The second-order valence-corrected chi connectivity index (χ2v) is 6.05. The van der Waals surface area contributed by atoms with Crippen molar-refractivity contribution >= 4 is 29.0 Å². The highest BCUT2D eigenvalue weighted by Gasteiger charge is 2.47. The van der Waals surface area contributed by atoms with Crippen molar-refractivity contribution in [1.29, 1.82) is 0 Å². The third-order valence-electron chi connectivity index (χ3n) is 4.58. The van der Waals surface area contributed by atoms with Crippen LogP contribution >= 0.6 is 12.2 Å². The van der Waals surface area contributed by atoms with Crippen LogP contribution in [-0.2, 0) is 9.59 Å². The molecular weight excluding hydrogens is 262 g/mol. The van der Waals surface area contributed by atoms with Gasteiger partial charge in [-0.15, -0.1) is 0 Å². The second-order valence-electron chi connectivity index (χ2n) is 5.61. The minimum atomic E-state index is -0.803. The van der Waals surface area contributed by atoms with Gasteiger partial charge in [-0.2, -0.15) is 0 Å². The summed E-state index contributed by atoms with van der Waals surface area (Å²) in [7, 11) is 0. The maximum Gasteiger partial charge on any atom is 0.235 e. The van der Waals surface area contributed by atoms with E-state index in [1.807, 2.05) is 11.8 Å². The topological polar surface area (TPSA) is 75.4 Å². The fraction of sp³-hybridized carbons (Fsp3) is 0.769. The molecule has 2 aliphatic heterocycles. The molecule has 0 aromatic carbocycles. The monoisotopic (exact) mass is 283 g/mol. The maximum absolute atomic E-state index is 12.8. The first-order valence-electron chi connectivity index (χ1n) is 6.80. The first-order valence-corrected chi connectivity index (χ1v) is 7.21. The average Bonchev–Trinajstić information content (AvgIpc) is 2.78. The molecule has 2 rings (SSSR count). The van der Waals surface area contributed by atoms with Gasteiger partial charge < -0.3 is 16.0 Å². The third-order valence-corrected chi connectivity index (χ3v) is 5.04. The number of thiocarbonyl (C=S) groups is 1. The quantitative estimate of drug-likeness (QED) is 0.736. The molecule has 106 valence electrons. The summed E-state index contributed by atoms with van der Waals surface area (Å²) in [5.74, 6) is -0.0325. The minimum absolute atomic E-state index is 0.0334. The van der Waals surface area contributed by atoms with Gasteiger partial charge in [-0.25, -0.2) is 0 Å². The molecule has 6 heteroatoms. The fourth-order valence-corrected chi connectivity index (χ4v) is 3.18. The molecule has 0 aromatic heterocycles.